The maximum atomic E-state index is 6.33. The number of aryl methyl sites for hydroxylation is 1. The van der Waals surface area contributed by atoms with E-state index >= 15 is 0 Å². The third kappa shape index (κ3) is 2.64. The predicted octanol–water partition coefficient (Wildman–Crippen LogP) is 3.36. The molecular formula is C16H23N3O. The van der Waals surface area contributed by atoms with Crippen molar-refractivity contribution in [3.05, 3.63) is 30.1 Å². The molecule has 0 atom stereocenters. The van der Waals surface area contributed by atoms with Crippen LogP contribution in [0.5, 0.6) is 5.75 Å². The predicted molar refractivity (Wildman–Crippen MR) is 82.8 cm³/mol. The highest BCUT2D eigenvalue weighted by Crippen LogP contribution is 2.33. The number of imidazole rings is 1. The monoisotopic (exact) mass is 273 g/mol. The number of aromatic nitrogens is 2. The Morgan fingerprint density at radius 1 is 1.30 bits per heavy atom. The van der Waals surface area contributed by atoms with Crippen molar-refractivity contribution in [1.29, 1.82) is 0 Å². The molecule has 0 saturated carbocycles. The second-order valence-electron chi connectivity index (χ2n) is 5.32. The van der Waals surface area contributed by atoms with Crippen LogP contribution in [0.2, 0.25) is 0 Å². The molecule has 1 aromatic heterocycles. The van der Waals surface area contributed by atoms with Gasteiger partial charge in [0.1, 0.15) is 23.1 Å². The molecule has 0 unspecified atom stereocenters. The molecule has 0 amide bonds. The molecule has 0 spiro atoms. The minimum Gasteiger partial charge on any atom is -0.496 e. The van der Waals surface area contributed by atoms with Gasteiger partial charge in [0.05, 0.1) is 7.11 Å². The van der Waals surface area contributed by atoms with E-state index in [1.165, 1.54) is 0 Å². The first-order valence-corrected chi connectivity index (χ1v) is 7.06. The van der Waals surface area contributed by atoms with Gasteiger partial charge in [-0.25, -0.2) is 4.98 Å². The molecule has 0 aliphatic heterocycles. The first-order chi connectivity index (χ1) is 9.58. The second-order valence-corrected chi connectivity index (χ2v) is 5.32. The van der Waals surface area contributed by atoms with Gasteiger partial charge in [-0.05, 0) is 18.1 Å². The molecule has 2 N–H and O–H groups in total. The van der Waals surface area contributed by atoms with Crippen LogP contribution in [0.4, 0.5) is 5.82 Å². The summed E-state index contributed by atoms with van der Waals surface area (Å²) in [6, 6.07) is 7.85. The lowest BCUT2D eigenvalue weighted by molar-refractivity contribution is 0.416. The number of para-hydroxylation sites is 1. The van der Waals surface area contributed by atoms with Crippen LogP contribution in [0, 0.1) is 5.92 Å². The highest BCUT2D eigenvalue weighted by atomic mass is 16.5. The van der Waals surface area contributed by atoms with Gasteiger partial charge in [-0.15, -0.1) is 0 Å². The molecule has 4 heteroatoms. The van der Waals surface area contributed by atoms with Gasteiger partial charge in [0.15, 0.2) is 0 Å². The lowest BCUT2D eigenvalue weighted by Gasteiger charge is -2.11. The summed E-state index contributed by atoms with van der Waals surface area (Å²) in [5, 5.41) is 0. The van der Waals surface area contributed by atoms with Gasteiger partial charge in [0.2, 0.25) is 0 Å². The summed E-state index contributed by atoms with van der Waals surface area (Å²) in [6.07, 6.45) is 0.867. The van der Waals surface area contributed by atoms with Crippen molar-refractivity contribution in [1.82, 2.24) is 9.55 Å². The van der Waals surface area contributed by atoms with Crippen molar-refractivity contribution in [2.45, 2.75) is 33.7 Å². The molecule has 20 heavy (non-hydrogen) atoms. The number of methoxy groups -OCH3 is 1. The van der Waals surface area contributed by atoms with Crippen LogP contribution in [-0.4, -0.2) is 16.7 Å². The summed E-state index contributed by atoms with van der Waals surface area (Å²) in [6.45, 7) is 7.35. The fourth-order valence-corrected chi connectivity index (χ4v) is 2.39. The molecule has 0 radical (unpaired) electrons. The standard InChI is InChI=1S/C16H23N3O/c1-5-14-18-15(16(17)19(14)10-11(2)3)12-8-6-7-9-13(12)20-4/h6-9,11H,5,10,17H2,1-4H3. The van der Waals surface area contributed by atoms with Gasteiger partial charge in [-0.2, -0.15) is 0 Å². The normalized spacial score (nSPS) is 11.1. The van der Waals surface area contributed by atoms with Crippen LogP contribution < -0.4 is 10.5 Å². The highest BCUT2D eigenvalue weighted by Gasteiger charge is 2.18. The first-order valence-electron chi connectivity index (χ1n) is 7.06. The maximum Gasteiger partial charge on any atom is 0.131 e. The summed E-state index contributed by atoms with van der Waals surface area (Å²) < 4.78 is 7.53. The maximum absolute atomic E-state index is 6.33. The Kier molecular flexibility index (Phi) is 4.32. The number of benzene rings is 1. The number of hydrogen-bond acceptors (Lipinski definition) is 3. The molecule has 1 heterocycles. The van der Waals surface area contributed by atoms with Crippen molar-refractivity contribution < 1.29 is 4.74 Å². The number of nitrogens with zero attached hydrogens (tertiary/aromatic N) is 2. The van der Waals surface area contributed by atoms with Crippen LogP contribution in [0.1, 0.15) is 26.6 Å². The minimum absolute atomic E-state index is 0.530. The number of nitrogen functional groups attached to an aromatic ring is 1. The smallest absolute Gasteiger partial charge is 0.131 e. The van der Waals surface area contributed by atoms with E-state index in [-0.39, 0.29) is 0 Å². The largest absolute Gasteiger partial charge is 0.496 e. The molecule has 4 nitrogen and oxygen atoms in total. The van der Waals surface area contributed by atoms with Crippen LogP contribution in [0.25, 0.3) is 11.3 Å². The van der Waals surface area contributed by atoms with E-state index in [0.29, 0.717) is 5.92 Å². The fourth-order valence-electron chi connectivity index (χ4n) is 2.39. The van der Waals surface area contributed by atoms with Gasteiger partial charge in [-0.3, -0.25) is 0 Å². The average Bonchev–Trinajstić information content (AvgIpc) is 2.75. The van der Waals surface area contributed by atoms with Gasteiger partial charge < -0.3 is 15.0 Å². The third-order valence-electron chi connectivity index (χ3n) is 3.31. The lowest BCUT2D eigenvalue weighted by Crippen LogP contribution is -2.11. The average molecular weight is 273 g/mol. The van der Waals surface area contributed by atoms with Gasteiger partial charge >= 0.3 is 0 Å². The summed E-state index contributed by atoms with van der Waals surface area (Å²) in [4.78, 5) is 4.72. The summed E-state index contributed by atoms with van der Waals surface area (Å²) in [5.41, 5.74) is 8.10. The Morgan fingerprint density at radius 2 is 2.00 bits per heavy atom. The van der Waals surface area contributed by atoms with Crippen molar-refractivity contribution >= 4 is 5.82 Å². The Morgan fingerprint density at radius 3 is 2.60 bits per heavy atom. The number of anilines is 1. The Labute approximate surface area is 120 Å². The zero-order valence-corrected chi connectivity index (χ0v) is 12.7. The molecule has 0 saturated heterocycles. The second kappa shape index (κ2) is 5.99. The quantitative estimate of drug-likeness (QED) is 0.908. The van der Waals surface area contributed by atoms with Gasteiger partial charge in [-0.1, -0.05) is 32.9 Å². The van der Waals surface area contributed by atoms with E-state index in [1.54, 1.807) is 7.11 Å². The van der Waals surface area contributed by atoms with Gasteiger partial charge in [0.25, 0.3) is 0 Å². The Balaban J connectivity index is 2.55. The van der Waals surface area contributed by atoms with Crippen LogP contribution in [0.15, 0.2) is 24.3 Å². The molecule has 2 rings (SSSR count). The number of rotatable bonds is 5. The third-order valence-corrected chi connectivity index (χ3v) is 3.31. The highest BCUT2D eigenvalue weighted by molar-refractivity contribution is 5.76. The fraction of sp³-hybridized carbons (Fsp3) is 0.438. The molecule has 0 fully saturated rings. The molecule has 0 aliphatic carbocycles. The summed E-state index contributed by atoms with van der Waals surface area (Å²) in [7, 11) is 1.67. The van der Waals surface area contributed by atoms with E-state index in [4.69, 9.17) is 15.5 Å². The van der Waals surface area contributed by atoms with E-state index in [2.05, 4.69) is 25.3 Å². The zero-order chi connectivity index (χ0) is 14.7. The topological polar surface area (TPSA) is 53.1 Å². The van der Waals surface area contributed by atoms with Crippen LogP contribution >= 0.6 is 0 Å². The number of hydrogen-bond donors (Lipinski definition) is 1. The molecule has 108 valence electrons. The summed E-state index contributed by atoms with van der Waals surface area (Å²) in [5.74, 6) is 3.08. The Bertz CT molecular complexity index is 587. The zero-order valence-electron chi connectivity index (χ0n) is 12.7. The van der Waals surface area contributed by atoms with Crippen LogP contribution in [0.3, 0.4) is 0 Å². The molecular weight excluding hydrogens is 250 g/mol. The number of ether oxygens (including phenoxy) is 1. The molecule has 0 bridgehead atoms. The Hall–Kier alpha value is -1.97. The van der Waals surface area contributed by atoms with Crippen molar-refractivity contribution in [3.63, 3.8) is 0 Å². The lowest BCUT2D eigenvalue weighted by atomic mass is 10.1. The van der Waals surface area contributed by atoms with Crippen LogP contribution in [-0.2, 0) is 13.0 Å². The van der Waals surface area contributed by atoms with E-state index in [0.717, 1.165) is 41.6 Å². The SMILES string of the molecule is CCc1nc(-c2ccccc2OC)c(N)n1CC(C)C. The minimum atomic E-state index is 0.530. The van der Waals surface area contributed by atoms with Crippen molar-refractivity contribution in [2.75, 3.05) is 12.8 Å². The first kappa shape index (κ1) is 14.4. The van der Waals surface area contributed by atoms with E-state index in [9.17, 15) is 0 Å². The molecule has 0 aliphatic rings. The molecule has 2 aromatic rings. The number of nitrogens with two attached hydrogens (primary N) is 1. The van der Waals surface area contributed by atoms with Gasteiger partial charge in [0, 0.05) is 18.5 Å². The molecule has 1 aromatic carbocycles. The van der Waals surface area contributed by atoms with E-state index < -0.39 is 0 Å². The van der Waals surface area contributed by atoms with Crippen molar-refractivity contribution in [3.8, 4) is 17.0 Å². The summed E-state index contributed by atoms with van der Waals surface area (Å²) >= 11 is 0. The van der Waals surface area contributed by atoms with Crippen molar-refractivity contribution in [2.24, 2.45) is 5.92 Å². The van der Waals surface area contributed by atoms with E-state index in [1.807, 2.05) is 24.3 Å².